The van der Waals surface area contributed by atoms with Gasteiger partial charge in [-0.15, -0.1) is 11.3 Å². The largest absolute Gasteiger partial charge is 0.490 e. The Bertz CT molecular complexity index is 1200. The Hall–Kier alpha value is -3.40. The lowest BCUT2D eigenvalue weighted by atomic mass is 10.1. The number of aromatic carboxylic acids is 1. The predicted octanol–water partition coefficient (Wildman–Crippen LogP) is 2.62. The van der Waals surface area contributed by atoms with Crippen LogP contribution in [0.1, 0.15) is 35.6 Å². The predicted molar refractivity (Wildman–Crippen MR) is 121 cm³/mol. The number of ether oxygens (including phenoxy) is 2. The molecule has 10 heteroatoms. The summed E-state index contributed by atoms with van der Waals surface area (Å²) >= 11 is 1.09. The highest BCUT2D eigenvalue weighted by molar-refractivity contribution is 7.17. The van der Waals surface area contributed by atoms with Crippen LogP contribution in [0, 0.1) is 6.92 Å². The zero-order valence-corrected chi connectivity index (χ0v) is 19.0. The van der Waals surface area contributed by atoms with E-state index in [9.17, 15) is 19.5 Å². The van der Waals surface area contributed by atoms with Gasteiger partial charge in [0.25, 0.3) is 5.56 Å². The minimum Gasteiger partial charge on any atom is -0.490 e. The summed E-state index contributed by atoms with van der Waals surface area (Å²) in [4.78, 5) is 41.3. The molecule has 0 aliphatic heterocycles. The molecule has 2 heterocycles. The van der Waals surface area contributed by atoms with Crippen molar-refractivity contribution < 1.29 is 24.2 Å². The molecular formula is C22H25N3O6S. The second kappa shape index (κ2) is 10.3. The summed E-state index contributed by atoms with van der Waals surface area (Å²) in [5, 5.41) is 13.5. The van der Waals surface area contributed by atoms with Crippen molar-refractivity contribution >= 4 is 33.4 Å². The summed E-state index contributed by atoms with van der Waals surface area (Å²) in [6.07, 6.45) is 0.567. The van der Waals surface area contributed by atoms with Gasteiger partial charge in [0, 0.05) is 11.9 Å². The summed E-state index contributed by atoms with van der Waals surface area (Å²) in [5.41, 5.74) is 0.337. The first kappa shape index (κ1) is 23.3. The highest BCUT2D eigenvalue weighted by atomic mass is 32.1. The molecule has 170 valence electrons. The third kappa shape index (κ3) is 5.08. The molecule has 0 saturated heterocycles. The third-order valence-electron chi connectivity index (χ3n) is 4.76. The Labute approximate surface area is 188 Å². The Kier molecular flexibility index (Phi) is 7.47. The maximum atomic E-state index is 12.8. The van der Waals surface area contributed by atoms with Gasteiger partial charge >= 0.3 is 5.97 Å². The van der Waals surface area contributed by atoms with Crippen LogP contribution in [0.15, 0.2) is 28.4 Å². The molecule has 0 spiro atoms. The second-order valence-corrected chi connectivity index (χ2v) is 7.79. The van der Waals surface area contributed by atoms with Gasteiger partial charge in [0.1, 0.15) is 17.2 Å². The first-order chi connectivity index (χ1) is 15.3. The van der Waals surface area contributed by atoms with E-state index in [0.717, 1.165) is 16.9 Å². The summed E-state index contributed by atoms with van der Waals surface area (Å²) in [6.45, 7) is 6.59. The Morgan fingerprint density at radius 3 is 2.59 bits per heavy atom. The normalized spacial score (nSPS) is 10.8. The highest BCUT2D eigenvalue weighted by Crippen LogP contribution is 2.28. The van der Waals surface area contributed by atoms with Crippen LogP contribution in [0.2, 0.25) is 0 Å². The summed E-state index contributed by atoms with van der Waals surface area (Å²) in [7, 11) is 0. The number of hydrogen-bond acceptors (Lipinski definition) is 7. The number of benzene rings is 1. The molecule has 2 aromatic heterocycles. The molecular weight excluding hydrogens is 434 g/mol. The van der Waals surface area contributed by atoms with E-state index in [1.165, 1.54) is 9.95 Å². The van der Waals surface area contributed by atoms with Crippen molar-refractivity contribution in [2.45, 2.75) is 33.7 Å². The SMILES string of the molecule is CCOc1ccc(CCNC(=O)Cn2c(C)nc3scc(C(=O)O)c3c2=O)cc1OCC. The van der Waals surface area contributed by atoms with Crippen LogP contribution in [0.4, 0.5) is 0 Å². The monoisotopic (exact) mass is 459 g/mol. The van der Waals surface area contributed by atoms with Crippen molar-refractivity contribution in [2.24, 2.45) is 0 Å². The highest BCUT2D eigenvalue weighted by Gasteiger charge is 2.19. The molecule has 2 N–H and O–H groups in total. The first-order valence-corrected chi connectivity index (χ1v) is 11.1. The van der Waals surface area contributed by atoms with E-state index in [-0.39, 0.29) is 23.4 Å². The van der Waals surface area contributed by atoms with E-state index < -0.39 is 11.5 Å². The molecule has 0 aliphatic carbocycles. The summed E-state index contributed by atoms with van der Waals surface area (Å²) in [6, 6.07) is 5.64. The zero-order chi connectivity index (χ0) is 23.3. The zero-order valence-electron chi connectivity index (χ0n) is 18.1. The van der Waals surface area contributed by atoms with Crippen molar-refractivity contribution in [3.8, 4) is 11.5 Å². The lowest BCUT2D eigenvalue weighted by Gasteiger charge is -2.13. The minimum atomic E-state index is -1.20. The maximum absolute atomic E-state index is 12.8. The van der Waals surface area contributed by atoms with Gasteiger partial charge < -0.3 is 19.9 Å². The van der Waals surface area contributed by atoms with Gasteiger partial charge in [0.2, 0.25) is 5.91 Å². The van der Waals surface area contributed by atoms with Crippen LogP contribution >= 0.6 is 11.3 Å². The molecule has 3 rings (SSSR count). The van der Waals surface area contributed by atoms with Crippen molar-refractivity contribution in [2.75, 3.05) is 19.8 Å². The lowest BCUT2D eigenvalue weighted by Crippen LogP contribution is -2.35. The smallest absolute Gasteiger partial charge is 0.337 e. The number of fused-ring (bicyclic) bond motifs is 1. The molecule has 9 nitrogen and oxygen atoms in total. The molecule has 1 aromatic carbocycles. The average Bonchev–Trinajstić information content (AvgIpc) is 3.17. The fourth-order valence-electron chi connectivity index (χ4n) is 3.27. The fraction of sp³-hybridized carbons (Fsp3) is 0.364. The third-order valence-corrected chi connectivity index (χ3v) is 5.63. The molecule has 0 unspecified atom stereocenters. The maximum Gasteiger partial charge on any atom is 0.337 e. The van der Waals surface area contributed by atoms with Crippen molar-refractivity contribution in [1.29, 1.82) is 0 Å². The average molecular weight is 460 g/mol. The van der Waals surface area contributed by atoms with Crippen LogP contribution in [0.5, 0.6) is 11.5 Å². The van der Waals surface area contributed by atoms with Gasteiger partial charge in [0.05, 0.1) is 24.2 Å². The number of carboxylic acids is 1. The number of hydrogen-bond donors (Lipinski definition) is 2. The molecule has 1 amide bonds. The number of rotatable bonds is 10. The second-order valence-electron chi connectivity index (χ2n) is 6.93. The Morgan fingerprint density at radius 1 is 1.19 bits per heavy atom. The van der Waals surface area contributed by atoms with Gasteiger partial charge in [0.15, 0.2) is 11.5 Å². The Morgan fingerprint density at radius 2 is 1.91 bits per heavy atom. The van der Waals surface area contributed by atoms with Gasteiger partial charge in [-0.1, -0.05) is 6.07 Å². The van der Waals surface area contributed by atoms with Crippen LogP contribution in [0.3, 0.4) is 0 Å². The van der Waals surface area contributed by atoms with E-state index in [1.807, 2.05) is 32.0 Å². The summed E-state index contributed by atoms with van der Waals surface area (Å²) < 4.78 is 12.4. The molecule has 0 aliphatic rings. The Balaban J connectivity index is 1.67. The van der Waals surface area contributed by atoms with Crippen LogP contribution in [-0.2, 0) is 17.8 Å². The molecule has 3 aromatic rings. The molecule has 0 fully saturated rings. The molecule has 0 saturated carbocycles. The molecule has 32 heavy (non-hydrogen) atoms. The number of thiophene rings is 1. The summed E-state index contributed by atoms with van der Waals surface area (Å²) in [5.74, 6) is 0.124. The van der Waals surface area contributed by atoms with Crippen LogP contribution in [0.25, 0.3) is 10.2 Å². The fourth-order valence-corrected chi connectivity index (χ4v) is 4.21. The minimum absolute atomic E-state index is 0.0266. The standard InChI is InChI=1S/C22H25N3O6S/c1-4-30-16-7-6-14(10-17(16)31-5-2)8-9-23-18(26)11-25-13(3)24-20-19(21(25)27)15(12-32-20)22(28)29/h6-7,10,12H,4-5,8-9,11H2,1-3H3,(H,23,26)(H,28,29). The number of amides is 1. The number of nitrogens with one attached hydrogen (secondary N) is 1. The number of aromatic nitrogens is 2. The van der Waals surface area contributed by atoms with Gasteiger partial charge in [-0.25, -0.2) is 9.78 Å². The number of aryl methyl sites for hydroxylation is 1. The number of carbonyl (C=O) groups excluding carboxylic acids is 1. The molecule has 0 radical (unpaired) electrons. The topological polar surface area (TPSA) is 120 Å². The quantitative estimate of drug-likeness (QED) is 0.478. The van der Waals surface area contributed by atoms with E-state index in [4.69, 9.17) is 9.47 Å². The van der Waals surface area contributed by atoms with Crippen LogP contribution in [-0.4, -0.2) is 46.3 Å². The van der Waals surface area contributed by atoms with Crippen molar-refractivity contribution in [3.05, 3.63) is 50.9 Å². The number of carbonyl (C=O) groups is 2. The molecule has 0 atom stereocenters. The molecule has 0 bridgehead atoms. The van der Waals surface area contributed by atoms with Crippen molar-refractivity contribution in [3.63, 3.8) is 0 Å². The van der Waals surface area contributed by atoms with E-state index in [2.05, 4.69) is 10.3 Å². The van der Waals surface area contributed by atoms with Gasteiger partial charge in [-0.2, -0.15) is 0 Å². The number of nitrogens with zero attached hydrogens (tertiary/aromatic N) is 2. The van der Waals surface area contributed by atoms with Crippen LogP contribution < -0.4 is 20.3 Å². The van der Waals surface area contributed by atoms with Gasteiger partial charge in [-0.05, 0) is 44.9 Å². The first-order valence-electron chi connectivity index (χ1n) is 10.2. The number of carboxylic acid groups (broad SMARTS) is 1. The van der Waals surface area contributed by atoms with E-state index >= 15 is 0 Å². The van der Waals surface area contributed by atoms with Crippen molar-refractivity contribution in [1.82, 2.24) is 14.9 Å². The van der Waals surface area contributed by atoms with E-state index in [0.29, 0.717) is 48.3 Å². The van der Waals surface area contributed by atoms with Gasteiger partial charge in [-0.3, -0.25) is 14.2 Å². The van der Waals surface area contributed by atoms with E-state index in [1.54, 1.807) is 6.92 Å². The lowest BCUT2D eigenvalue weighted by molar-refractivity contribution is -0.121.